The van der Waals surface area contributed by atoms with Crippen molar-refractivity contribution in [3.63, 3.8) is 0 Å². The summed E-state index contributed by atoms with van der Waals surface area (Å²) in [5.74, 6) is -3.50. The Balaban J connectivity index is -0.000000232. The molecule has 0 saturated heterocycles. The predicted molar refractivity (Wildman–Crippen MR) is 161 cm³/mol. The Hall–Kier alpha value is 0.342. The van der Waals surface area contributed by atoms with Crippen LogP contribution in [0.15, 0.2) is 0 Å². The van der Waals surface area contributed by atoms with Crippen molar-refractivity contribution in [1.29, 1.82) is 0 Å². The Morgan fingerprint density at radius 2 is 0.923 bits per heavy atom. The van der Waals surface area contributed by atoms with Crippen LogP contribution in [0, 0.1) is 0 Å². The first kappa shape index (κ1) is 46.3. The van der Waals surface area contributed by atoms with E-state index in [2.05, 4.69) is 13.8 Å². The molecule has 1 unspecified atom stereocenters. The minimum atomic E-state index is -4.84. The van der Waals surface area contributed by atoms with E-state index in [0.717, 1.165) is 13.2 Å². The molecule has 0 aromatic rings. The molecule has 0 aliphatic carbocycles. The summed E-state index contributed by atoms with van der Waals surface area (Å²) in [5, 5.41) is 13.9. The standard InChI is InChI=1S/C24H50O.C4H6O7S.Al.Na.4H/c1-3-5-7-9-11-13-15-17-19-21-23-25-24-22-20-18-16-14-12-10-8-6-4-2;5-3(6)1-2(4(7)8)12(9,10)11;;;;;;/h3-24H2,1-2H3;2H,1H2,(H,5,6)(H,7,8)(H,9,10,11);;;;;;/q;;;+1;;;;-1. The molecule has 0 radical (unpaired) electrons. The van der Waals surface area contributed by atoms with Gasteiger partial charge in [-0.3, -0.25) is 14.1 Å². The Labute approximate surface area is 273 Å². The molecule has 0 fully saturated rings. The second-order valence-corrected chi connectivity index (χ2v) is 11.5. The molecule has 0 aromatic heterocycles. The minimum absolute atomic E-state index is 0. The van der Waals surface area contributed by atoms with Gasteiger partial charge in [0.15, 0.2) is 22.6 Å². The predicted octanol–water partition coefficient (Wildman–Crippen LogP) is 3.58. The van der Waals surface area contributed by atoms with Gasteiger partial charge in [-0.1, -0.05) is 129 Å². The van der Waals surface area contributed by atoms with Crippen LogP contribution in [-0.4, -0.2) is 70.9 Å². The fourth-order valence-corrected chi connectivity index (χ4v) is 4.57. The summed E-state index contributed by atoms with van der Waals surface area (Å²) in [7, 11) is -4.84. The van der Waals surface area contributed by atoms with Gasteiger partial charge in [0, 0.05) is 13.2 Å². The molecule has 0 aliphatic rings. The summed E-state index contributed by atoms with van der Waals surface area (Å²) in [6.45, 7) is 6.57. The molecule has 0 aliphatic heterocycles. The summed E-state index contributed by atoms with van der Waals surface area (Å²) >= 11 is 0. The maximum absolute atomic E-state index is 10.2. The van der Waals surface area contributed by atoms with Crippen LogP contribution in [0.2, 0.25) is 0 Å². The van der Waals surface area contributed by atoms with E-state index in [1.54, 1.807) is 0 Å². The summed E-state index contributed by atoms with van der Waals surface area (Å²) in [4.78, 5) is 20.0. The molecule has 39 heavy (non-hydrogen) atoms. The molecule has 0 rings (SSSR count). The Bertz CT molecular complexity index is 620. The van der Waals surface area contributed by atoms with Gasteiger partial charge in [0.2, 0.25) is 0 Å². The number of carbonyl (C=O) groups is 2. The number of carboxylic acid groups (broad SMARTS) is 2. The summed E-state index contributed by atoms with van der Waals surface area (Å²) in [5.41, 5.74) is 0. The minimum Gasteiger partial charge on any atom is -1.00 e. The average Bonchev–Trinajstić information content (AvgIpc) is 2.83. The van der Waals surface area contributed by atoms with Crippen molar-refractivity contribution in [3.05, 3.63) is 0 Å². The van der Waals surface area contributed by atoms with Crippen LogP contribution >= 0.6 is 0 Å². The van der Waals surface area contributed by atoms with Crippen molar-refractivity contribution in [2.75, 3.05) is 13.2 Å². The third-order valence-electron chi connectivity index (χ3n) is 6.28. The number of hydrogen-bond acceptors (Lipinski definition) is 5. The number of hydrogen-bond donors (Lipinski definition) is 3. The molecule has 8 nitrogen and oxygen atoms in total. The van der Waals surface area contributed by atoms with Gasteiger partial charge in [0.25, 0.3) is 10.1 Å². The third kappa shape index (κ3) is 38.3. The normalized spacial score (nSPS) is 11.5. The van der Waals surface area contributed by atoms with Crippen molar-refractivity contribution in [2.24, 2.45) is 0 Å². The van der Waals surface area contributed by atoms with Gasteiger partial charge < -0.3 is 16.4 Å². The topological polar surface area (TPSA) is 138 Å². The Morgan fingerprint density at radius 3 is 1.13 bits per heavy atom. The molecule has 3 N–H and O–H groups in total. The second-order valence-electron chi connectivity index (χ2n) is 9.92. The van der Waals surface area contributed by atoms with Gasteiger partial charge in [-0.25, -0.2) is 0 Å². The Morgan fingerprint density at radius 1 is 0.641 bits per heavy atom. The molecular formula is C28H60AlNaO8S. The smallest absolute Gasteiger partial charge is 1.00 e. The average molecular weight is 607 g/mol. The summed E-state index contributed by atoms with van der Waals surface area (Å²) < 4.78 is 34.4. The van der Waals surface area contributed by atoms with Gasteiger partial charge in [0.05, 0.1) is 6.42 Å². The van der Waals surface area contributed by atoms with E-state index in [4.69, 9.17) is 19.5 Å². The number of aliphatic carboxylic acids is 2. The quantitative estimate of drug-likeness (QED) is 0.0772. The maximum Gasteiger partial charge on any atom is 1.00 e. The zero-order valence-electron chi connectivity index (χ0n) is 25.6. The Kier molecular flexibility index (Phi) is 41.0. The van der Waals surface area contributed by atoms with E-state index in [0.29, 0.717) is 0 Å². The van der Waals surface area contributed by atoms with E-state index in [9.17, 15) is 18.0 Å². The van der Waals surface area contributed by atoms with Gasteiger partial charge in [0.1, 0.15) is 0 Å². The summed E-state index contributed by atoms with van der Waals surface area (Å²) in [6.07, 6.45) is 27.0. The van der Waals surface area contributed by atoms with E-state index >= 15 is 0 Å². The maximum atomic E-state index is 10.2. The third-order valence-corrected chi connectivity index (χ3v) is 7.37. The van der Waals surface area contributed by atoms with Crippen LogP contribution in [0.3, 0.4) is 0 Å². The zero-order chi connectivity index (χ0) is 28.2. The van der Waals surface area contributed by atoms with Crippen molar-refractivity contribution >= 4 is 39.4 Å². The molecule has 11 heteroatoms. The van der Waals surface area contributed by atoms with Crippen molar-refractivity contribution in [1.82, 2.24) is 0 Å². The van der Waals surface area contributed by atoms with E-state index in [1.807, 2.05) is 0 Å². The number of carboxylic acids is 2. The molecule has 1 atom stereocenters. The first-order valence-corrected chi connectivity index (χ1v) is 16.2. The van der Waals surface area contributed by atoms with E-state index in [1.165, 1.54) is 128 Å². The first-order chi connectivity index (χ1) is 17.7. The van der Waals surface area contributed by atoms with E-state index < -0.39 is 33.7 Å². The second kappa shape index (κ2) is 34.5. The number of ether oxygens (including phenoxy) is 1. The number of rotatable bonds is 26. The SMILES string of the molecule is CCCCCCCCCCCCOCCCCCCCCCCCC.O=C(O)CC(C(=O)O)S(=O)(=O)O.[AlH3].[H-].[Na+]. The molecule has 0 bridgehead atoms. The van der Waals surface area contributed by atoms with Crippen LogP contribution in [0.4, 0.5) is 0 Å². The van der Waals surface area contributed by atoms with Gasteiger partial charge in [-0.05, 0) is 12.8 Å². The molecule has 0 aromatic carbocycles. The molecule has 0 spiro atoms. The summed E-state index contributed by atoms with van der Waals surface area (Å²) in [6, 6.07) is 0. The molecule has 0 heterocycles. The fourth-order valence-electron chi connectivity index (χ4n) is 3.96. The molecule has 0 saturated carbocycles. The van der Waals surface area contributed by atoms with Crippen LogP contribution in [-0.2, 0) is 24.4 Å². The van der Waals surface area contributed by atoms with Gasteiger partial charge >= 0.3 is 41.5 Å². The monoisotopic (exact) mass is 606 g/mol. The molecule has 0 amide bonds. The number of unbranched alkanes of at least 4 members (excludes halogenated alkanes) is 18. The van der Waals surface area contributed by atoms with Crippen LogP contribution in [0.1, 0.15) is 150 Å². The van der Waals surface area contributed by atoms with Crippen LogP contribution in [0.5, 0.6) is 0 Å². The van der Waals surface area contributed by atoms with Crippen LogP contribution in [0.25, 0.3) is 0 Å². The molecular weight excluding hydrogens is 546 g/mol. The van der Waals surface area contributed by atoms with Gasteiger partial charge in [-0.2, -0.15) is 8.42 Å². The van der Waals surface area contributed by atoms with Crippen molar-refractivity contribution < 1.29 is 68.5 Å². The largest absolute Gasteiger partial charge is 1.00 e. The van der Waals surface area contributed by atoms with E-state index in [-0.39, 0.29) is 48.3 Å². The molecule has 230 valence electrons. The zero-order valence-corrected chi connectivity index (χ0v) is 27.4. The van der Waals surface area contributed by atoms with Crippen LogP contribution < -0.4 is 29.6 Å². The first-order valence-electron chi connectivity index (χ1n) is 14.6. The van der Waals surface area contributed by atoms with Crippen molar-refractivity contribution in [3.8, 4) is 0 Å². The van der Waals surface area contributed by atoms with Crippen molar-refractivity contribution in [2.45, 2.75) is 154 Å². The van der Waals surface area contributed by atoms with Gasteiger partial charge in [-0.15, -0.1) is 0 Å². The fraction of sp³-hybridized carbons (Fsp3) is 0.929.